The number of H-pyrrole nitrogens is 1. The maximum atomic E-state index is 11.8. The van der Waals surface area contributed by atoms with E-state index in [9.17, 15) is 10.0 Å². The molecule has 2 N–H and O–H groups in total. The Morgan fingerprint density at radius 3 is 2.62 bits per heavy atom. The smallest absolute Gasteiger partial charge is 0.402 e. The van der Waals surface area contributed by atoms with Gasteiger partial charge < -0.3 is 20.0 Å². The third kappa shape index (κ3) is 2.33. The van der Waals surface area contributed by atoms with E-state index in [0.29, 0.717) is 11.2 Å². The van der Waals surface area contributed by atoms with Gasteiger partial charge in [0.25, 0.3) is 5.69 Å². The first-order chi connectivity index (χ1) is 7.51. The van der Waals surface area contributed by atoms with Crippen molar-refractivity contribution in [3.05, 3.63) is 26.9 Å². The van der Waals surface area contributed by atoms with Crippen LogP contribution in [0.15, 0.2) is 4.79 Å². The summed E-state index contributed by atoms with van der Waals surface area (Å²) in [4.78, 5) is 14.0. The molecular weight excluding hydrogens is 212 g/mol. The summed E-state index contributed by atoms with van der Waals surface area (Å²) < 4.78 is 5.31. The number of aliphatic hydroxyl groups is 1. The third-order valence-electron chi connectivity index (χ3n) is 2.17. The molecule has 0 aliphatic carbocycles. The van der Waals surface area contributed by atoms with Crippen molar-refractivity contribution in [1.82, 2.24) is 4.98 Å². The summed E-state index contributed by atoms with van der Waals surface area (Å²) in [7, 11) is 1.32. The first-order valence-electron chi connectivity index (χ1n) is 5.03. The summed E-state index contributed by atoms with van der Waals surface area (Å²) in [6.45, 7) is 3.38. The van der Waals surface area contributed by atoms with E-state index in [2.05, 4.69) is 4.98 Å². The van der Waals surface area contributed by atoms with Gasteiger partial charge in [-0.05, 0) is 5.92 Å². The quantitative estimate of drug-likeness (QED) is 0.547. The highest BCUT2D eigenvalue weighted by atomic mass is 16.5. The Bertz CT molecular complexity index is 426. The van der Waals surface area contributed by atoms with Crippen molar-refractivity contribution in [2.75, 3.05) is 7.11 Å². The van der Waals surface area contributed by atoms with Gasteiger partial charge in [-0.2, -0.15) is 0 Å². The third-order valence-corrected chi connectivity index (χ3v) is 2.17. The average Bonchev–Trinajstić information content (AvgIpc) is 2.23. The van der Waals surface area contributed by atoms with Crippen LogP contribution in [0.3, 0.4) is 0 Å². The fourth-order valence-electron chi connectivity index (χ4n) is 1.48. The lowest BCUT2D eigenvalue weighted by Crippen LogP contribution is -2.43. The van der Waals surface area contributed by atoms with Crippen LogP contribution in [0.1, 0.15) is 25.2 Å². The number of aromatic nitrogens is 2. The molecule has 0 saturated heterocycles. The van der Waals surface area contributed by atoms with Crippen molar-refractivity contribution in [3.63, 3.8) is 0 Å². The molecular formula is C10H16N2O4. The van der Waals surface area contributed by atoms with Crippen LogP contribution in [0.5, 0.6) is 5.88 Å². The predicted molar refractivity (Wildman–Crippen MR) is 57.0 cm³/mol. The highest BCUT2D eigenvalue weighted by molar-refractivity contribution is 5.13. The van der Waals surface area contributed by atoms with Crippen LogP contribution >= 0.6 is 0 Å². The highest BCUT2D eigenvalue weighted by Crippen LogP contribution is 2.09. The van der Waals surface area contributed by atoms with Gasteiger partial charge in [0.15, 0.2) is 5.69 Å². The van der Waals surface area contributed by atoms with E-state index in [1.165, 1.54) is 7.11 Å². The van der Waals surface area contributed by atoms with E-state index in [0.717, 1.165) is 0 Å². The predicted octanol–water partition coefficient (Wildman–Crippen LogP) is -0.292. The van der Waals surface area contributed by atoms with Gasteiger partial charge in [0, 0.05) is 6.42 Å². The van der Waals surface area contributed by atoms with Gasteiger partial charge in [-0.25, -0.2) is 0 Å². The molecule has 90 valence electrons. The Kier molecular flexibility index (Phi) is 3.89. The fraction of sp³-hybridized carbons (Fsp3) is 0.600. The lowest BCUT2D eigenvalue weighted by atomic mass is 10.1. The van der Waals surface area contributed by atoms with Crippen molar-refractivity contribution in [1.29, 1.82) is 0 Å². The minimum atomic E-state index is -0.478. The van der Waals surface area contributed by atoms with Crippen LogP contribution in [0.2, 0.25) is 0 Å². The number of rotatable bonds is 4. The molecule has 1 aromatic heterocycles. The summed E-state index contributed by atoms with van der Waals surface area (Å²) >= 11 is 0. The summed E-state index contributed by atoms with van der Waals surface area (Å²) in [6.07, 6.45) is 0.362. The number of ether oxygens (including phenoxy) is 1. The molecule has 0 radical (unpaired) electrons. The molecule has 0 fully saturated rings. The second-order valence-corrected chi connectivity index (χ2v) is 3.94. The van der Waals surface area contributed by atoms with Crippen molar-refractivity contribution in [2.24, 2.45) is 5.92 Å². The van der Waals surface area contributed by atoms with Crippen molar-refractivity contribution in [2.45, 2.75) is 26.9 Å². The highest BCUT2D eigenvalue weighted by Gasteiger charge is 2.22. The molecule has 6 heteroatoms. The number of nitrogens with one attached hydrogen (secondary N) is 1. The molecule has 0 aliphatic heterocycles. The molecule has 16 heavy (non-hydrogen) atoms. The standard InChI is InChI=1S/C10H16N2O4/c1-6(2)4-8-9(14)11-7(5-13)10(16-3)12(8)15/h6,13H,4-5H2,1-3H3,(H,11,14). The Morgan fingerprint density at radius 2 is 2.19 bits per heavy atom. The van der Waals surface area contributed by atoms with E-state index >= 15 is 0 Å². The molecule has 6 nitrogen and oxygen atoms in total. The topological polar surface area (TPSA) is 89.3 Å². The zero-order valence-electron chi connectivity index (χ0n) is 9.61. The van der Waals surface area contributed by atoms with Gasteiger partial charge in [0.05, 0.1) is 13.7 Å². The number of nitrogens with zero attached hydrogens (tertiary/aromatic N) is 1. The number of hydrogen-bond acceptors (Lipinski definition) is 4. The van der Waals surface area contributed by atoms with Gasteiger partial charge in [0.1, 0.15) is 0 Å². The Balaban J connectivity index is 3.35. The Hall–Kier alpha value is -1.56. The monoisotopic (exact) mass is 228 g/mol. The molecule has 0 saturated carbocycles. The second kappa shape index (κ2) is 4.98. The largest absolute Gasteiger partial charge is 0.616 e. The van der Waals surface area contributed by atoms with Crippen LogP contribution < -0.4 is 15.0 Å². The van der Waals surface area contributed by atoms with Gasteiger partial charge in [-0.1, -0.05) is 13.8 Å². The van der Waals surface area contributed by atoms with Crippen molar-refractivity contribution >= 4 is 0 Å². The summed E-state index contributed by atoms with van der Waals surface area (Å²) in [5.41, 5.74) is -0.285. The molecule has 0 aliphatic rings. The lowest BCUT2D eigenvalue weighted by Gasteiger charge is -2.10. The van der Waals surface area contributed by atoms with Gasteiger partial charge in [-0.3, -0.25) is 4.79 Å². The molecule has 0 atom stereocenters. The van der Waals surface area contributed by atoms with Crippen LogP contribution in [-0.4, -0.2) is 17.2 Å². The van der Waals surface area contributed by atoms with E-state index in [-0.39, 0.29) is 23.2 Å². The van der Waals surface area contributed by atoms with Crippen LogP contribution in [-0.2, 0) is 13.0 Å². The van der Waals surface area contributed by atoms with Crippen LogP contribution in [0.4, 0.5) is 0 Å². The number of hydrogen-bond donors (Lipinski definition) is 2. The van der Waals surface area contributed by atoms with Gasteiger partial charge in [-0.15, -0.1) is 4.73 Å². The molecule has 0 aromatic carbocycles. The minimum absolute atomic E-state index is 0.0576. The fourth-order valence-corrected chi connectivity index (χ4v) is 1.48. The van der Waals surface area contributed by atoms with E-state index in [1.54, 1.807) is 0 Å². The molecule has 0 unspecified atom stereocenters. The average molecular weight is 228 g/mol. The molecule has 0 bridgehead atoms. The summed E-state index contributed by atoms with van der Waals surface area (Å²) in [6, 6.07) is 0. The van der Waals surface area contributed by atoms with Crippen LogP contribution in [0.25, 0.3) is 0 Å². The second-order valence-electron chi connectivity index (χ2n) is 3.94. The molecule has 0 spiro atoms. The molecule has 1 aromatic rings. The maximum Gasteiger partial charge on any atom is 0.402 e. The van der Waals surface area contributed by atoms with Crippen LogP contribution in [0, 0.1) is 11.1 Å². The zero-order chi connectivity index (χ0) is 12.3. The van der Waals surface area contributed by atoms with E-state index < -0.39 is 12.2 Å². The van der Waals surface area contributed by atoms with Crippen molar-refractivity contribution < 1.29 is 14.6 Å². The molecule has 1 heterocycles. The normalized spacial score (nSPS) is 10.8. The zero-order valence-corrected chi connectivity index (χ0v) is 9.61. The molecule has 0 amide bonds. The van der Waals surface area contributed by atoms with Gasteiger partial charge in [0.2, 0.25) is 0 Å². The summed E-state index contributed by atoms with van der Waals surface area (Å²) in [5, 5.41) is 20.8. The minimum Gasteiger partial charge on any atom is -0.616 e. The Morgan fingerprint density at radius 1 is 1.56 bits per heavy atom. The maximum absolute atomic E-state index is 11.8. The van der Waals surface area contributed by atoms with Crippen molar-refractivity contribution in [3.8, 4) is 5.88 Å². The number of aromatic amines is 1. The SMILES string of the molecule is COc1c(CO)[nH]c(=O)c(CC(C)C)[n+]1[O-]. The number of aliphatic hydroxyl groups excluding tert-OH is 1. The summed E-state index contributed by atoms with van der Waals surface area (Å²) in [5.74, 6) is 0.128. The molecule has 1 rings (SSSR count). The first-order valence-corrected chi connectivity index (χ1v) is 5.03. The lowest BCUT2D eigenvalue weighted by molar-refractivity contribution is -0.623. The van der Waals surface area contributed by atoms with Gasteiger partial charge >= 0.3 is 11.4 Å². The Labute approximate surface area is 93.1 Å². The first kappa shape index (κ1) is 12.5. The van der Waals surface area contributed by atoms with E-state index in [1.807, 2.05) is 13.8 Å². The van der Waals surface area contributed by atoms with E-state index in [4.69, 9.17) is 9.84 Å². The number of methoxy groups -OCH3 is 1.